The molecule has 0 saturated carbocycles. The van der Waals surface area contributed by atoms with E-state index in [0.29, 0.717) is 6.42 Å². The highest BCUT2D eigenvalue weighted by molar-refractivity contribution is 5.86. The molecule has 21 heavy (non-hydrogen) atoms. The highest BCUT2D eigenvalue weighted by Gasteiger charge is 2.09. The Kier molecular flexibility index (Phi) is 3.26. The van der Waals surface area contributed by atoms with Crippen molar-refractivity contribution in [3.8, 4) is 16.9 Å². The molecule has 0 aliphatic heterocycles. The second kappa shape index (κ2) is 5.09. The number of phenols is 1. The van der Waals surface area contributed by atoms with Crippen LogP contribution in [-0.2, 0) is 11.2 Å². The van der Waals surface area contributed by atoms with E-state index in [0.717, 1.165) is 33.4 Å². The summed E-state index contributed by atoms with van der Waals surface area (Å²) in [5, 5.41) is 11.1. The van der Waals surface area contributed by atoms with Gasteiger partial charge in [0.15, 0.2) is 0 Å². The van der Waals surface area contributed by atoms with Crippen molar-refractivity contribution in [2.45, 2.75) is 20.3 Å². The fourth-order valence-corrected chi connectivity index (χ4v) is 2.56. The van der Waals surface area contributed by atoms with Gasteiger partial charge in [0.25, 0.3) is 0 Å². The van der Waals surface area contributed by atoms with Crippen molar-refractivity contribution in [1.29, 1.82) is 0 Å². The number of hydrogen-bond acceptors (Lipinski definition) is 3. The van der Waals surface area contributed by atoms with E-state index < -0.39 is 0 Å². The van der Waals surface area contributed by atoms with Crippen molar-refractivity contribution in [3.05, 3.63) is 53.8 Å². The standard InChI is InChI=1S/C18H16O3/c1-11(19)7-13-3-5-17(20)16(9-13)14-4-6-18-15(10-14)8-12(2)21-18/h3-6,8-10,20H,7H2,1-2H3. The quantitative estimate of drug-likeness (QED) is 0.780. The molecule has 1 aromatic heterocycles. The predicted molar refractivity (Wildman–Crippen MR) is 82.4 cm³/mol. The van der Waals surface area contributed by atoms with Crippen molar-refractivity contribution in [1.82, 2.24) is 0 Å². The molecule has 0 aliphatic carbocycles. The van der Waals surface area contributed by atoms with E-state index in [2.05, 4.69) is 0 Å². The Balaban J connectivity index is 2.09. The van der Waals surface area contributed by atoms with E-state index in [4.69, 9.17) is 4.42 Å². The number of phenolic OH excluding ortho intramolecular Hbond substituents is 1. The Bertz CT molecular complexity index is 828. The fourth-order valence-electron chi connectivity index (χ4n) is 2.56. The third kappa shape index (κ3) is 2.68. The Labute approximate surface area is 122 Å². The van der Waals surface area contributed by atoms with Crippen LogP contribution in [0.25, 0.3) is 22.1 Å². The van der Waals surface area contributed by atoms with Gasteiger partial charge in [0.05, 0.1) is 0 Å². The lowest BCUT2D eigenvalue weighted by molar-refractivity contribution is -0.116. The number of benzene rings is 2. The third-order valence-corrected chi connectivity index (χ3v) is 3.46. The number of aromatic hydroxyl groups is 1. The Morgan fingerprint density at radius 1 is 1.14 bits per heavy atom. The third-order valence-electron chi connectivity index (χ3n) is 3.46. The molecule has 2 aromatic carbocycles. The van der Waals surface area contributed by atoms with Gasteiger partial charge in [-0.3, -0.25) is 4.79 Å². The van der Waals surface area contributed by atoms with Crippen LogP contribution in [-0.4, -0.2) is 10.9 Å². The van der Waals surface area contributed by atoms with Gasteiger partial charge in [0, 0.05) is 17.4 Å². The molecule has 1 heterocycles. The molecule has 0 unspecified atom stereocenters. The molecule has 3 heteroatoms. The summed E-state index contributed by atoms with van der Waals surface area (Å²) in [6, 6.07) is 13.0. The summed E-state index contributed by atoms with van der Waals surface area (Å²) in [4.78, 5) is 11.2. The molecular weight excluding hydrogens is 264 g/mol. The molecule has 0 atom stereocenters. The van der Waals surface area contributed by atoms with Crippen molar-refractivity contribution >= 4 is 16.8 Å². The van der Waals surface area contributed by atoms with Crippen LogP contribution in [0.15, 0.2) is 46.9 Å². The Morgan fingerprint density at radius 2 is 1.95 bits per heavy atom. The number of furan rings is 1. The lowest BCUT2D eigenvalue weighted by atomic mass is 9.99. The molecule has 0 saturated heterocycles. The second-order valence-electron chi connectivity index (χ2n) is 5.34. The van der Waals surface area contributed by atoms with Gasteiger partial charge in [-0.15, -0.1) is 0 Å². The molecule has 0 spiro atoms. The molecule has 0 fully saturated rings. The maximum Gasteiger partial charge on any atom is 0.134 e. The number of fused-ring (bicyclic) bond motifs is 1. The van der Waals surface area contributed by atoms with Crippen molar-refractivity contribution in [3.63, 3.8) is 0 Å². The van der Waals surface area contributed by atoms with Crippen molar-refractivity contribution in [2.75, 3.05) is 0 Å². The van der Waals surface area contributed by atoms with Crippen LogP contribution in [0.3, 0.4) is 0 Å². The van der Waals surface area contributed by atoms with Gasteiger partial charge in [-0.25, -0.2) is 0 Å². The summed E-state index contributed by atoms with van der Waals surface area (Å²) in [7, 11) is 0. The van der Waals surface area contributed by atoms with E-state index in [1.165, 1.54) is 0 Å². The van der Waals surface area contributed by atoms with E-state index in [-0.39, 0.29) is 11.5 Å². The zero-order valence-corrected chi connectivity index (χ0v) is 12.0. The van der Waals surface area contributed by atoms with E-state index in [1.807, 2.05) is 37.3 Å². The molecule has 106 valence electrons. The minimum Gasteiger partial charge on any atom is -0.507 e. The molecule has 3 aromatic rings. The number of Topliss-reactive ketones (excluding diaryl/α,β-unsaturated/α-hetero) is 1. The van der Waals surface area contributed by atoms with Crippen LogP contribution >= 0.6 is 0 Å². The molecule has 0 aliphatic rings. The monoisotopic (exact) mass is 280 g/mol. The number of aryl methyl sites for hydroxylation is 1. The predicted octanol–water partition coefficient (Wildman–Crippen LogP) is 4.25. The zero-order chi connectivity index (χ0) is 15.0. The first kappa shape index (κ1) is 13.4. The van der Waals surface area contributed by atoms with Gasteiger partial charge in [0.2, 0.25) is 0 Å². The van der Waals surface area contributed by atoms with Crippen LogP contribution in [0.5, 0.6) is 5.75 Å². The van der Waals surface area contributed by atoms with Crippen LogP contribution in [0.1, 0.15) is 18.2 Å². The summed E-state index contributed by atoms with van der Waals surface area (Å²) in [6.07, 6.45) is 0.375. The molecule has 1 N–H and O–H groups in total. The SMILES string of the molecule is CC(=O)Cc1ccc(O)c(-c2ccc3oc(C)cc3c2)c1. The first-order valence-corrected chi connectivity index (χ1v) is 6.85. The van der Waals surface area contributed by atoms with Crippen molar-refractivity contribution < 1.29 is 14.3 Å². The average Bonchev–Trinajstić information content (AvgIpc) is 2.79. The number of carbonyl (C=O) groups excluding carboxylic acids is 1. The normalized spacial score (nSPS) is 11.0. The van der Waals surface area contributed by atoms with Gasteiger partial charge in [-0.1, -0.05) is 12.1 Å². The minimum absolute atomic E-state index is 0.104. The maximum atomic E-state index is 11.2. The fraction of sp³-hybridized carbons (Fsp3) is 0.167. The highest BCUT2D eigenvalue weighted by Crippen LogP contribution is 2.33. The Morgan fingerprint density at radius 3 is 2.71 bits per heavy atom. The molecule has 0 bridgehead atoms. The molecule has 3 nitrogen and oxygen atoms in total. The second-order valence-corrected chi connectivity index (χ2v) is 5.34. The first-order valence-electron chi connectivity index (χ1n) is 6.85. The van der Waals surface area contributed by atoms with Gasteiger partial charge >= 0.3 is 0 Å². The van der Waals surface area contributed by atoms with Crippen molar-refractivity contribution in [2.24, 2.45) is 0 Å². The van der Waals surface area contributed by atoms with E-state index in [1.54, 1.807) is 19.1 Å². The van der Waals surface area contributed by atoms with Crippen LogP contribution in [0.2, 0.25) is 0 Å². The number of hydrogen-bond donors (Lipinski definition) is 1. The molecular formula is C18H16O3. The largest absolute Gasteiger partial charge is 0.507 e. The molecule has 0 radical (unpaired) electrons. The van der Waals surface area contributed by atoms with Crippen LogP contribution in [0, 0.1) is 6.92 Å². The number of carbonyl (C=O) groups is 1. The summed E-state index contributed by atoms with van der Waals surface area (Å²) in [5.74, 6) is 1.17. The van der Waals surface area contributed by atoms with Gasteiger partial charge < -0.3 is 9.52 Å². The summed E-state index contributed by atoms with van der Waals surface area (Å²) in [6.45, 7) is 3.47. The summed E-state index contributed by atoms with van der Waals surface area (Å²) in [5.41, 5.74) is 3.37. The lowest BCUT2D eigenvalue weighted by Gasteiger charge is -2.07. The van der Waals surface area contributed by atoms with Crippen LogP contribution in [0.4, 0.5) is 0 Å². The van der Waals surface area contributed by atoms with E-state index in [9.17, 15) is 9.90 Å². The highest BCUT2D eigenvalue weighted by atomic mass is 16.3. The van der Waals surface area contributed by atoms with E-state index >= 15 is 0 Å². The zero-order valence-electron chi connectivity index (χ0n) is 12.0. The van der Waals surface area contributed by atoms with Gasteiger partial charge in [-0.05, 0) is 55.3 Å². The topological polar surface area (TPSA) is 50.4 Å². The Hall–Kier alpha value is -2.55. The summed E-state index contributed by atoms with van der Waals surface area (Å²) < 4.78 is 5.56. The number of rotatable bonds is 3. The smallest absolute Gasteiger partial charge is 0.134 e. The summed E-state index contributed by atoms with van der Waals surface area (Å²) >= 11 is 0. The van der Waals surface area contributed by atoms with Gasteiger partial charge in [-0.2, -0.15) is 0 Å². The molecule has 0 amide bonds. The first-order chi connectivity index (χ1) is 10.0. The maximum absolute atomic E-state index is 11.2. The lowest BCUT2D eigenvalue weighted by Crippen LogP contribution is -1.96. The minimum atomic E-state index is 0.104. The van der Waals surface area contributed by atoms with Crippen LogP contribution < -0.4 is 0 Å². The molecule has 3 rings (SSSR count). The number of ketones is 1. The van der Waals surface area contributed by atoms with Gasteiger partial charge in [0.1, 0.15) is 22.9 Å². The average molecular weight is 280 g/mol.